The molecular formula is C22H23N3O3S2. The molecule has 30 heavy (non-hydrogen) atoms. The number of amides is 3. The molecule has 1 saturated heterocycles. The zero-order chi connectivity index (χ0) is 21.1. The standard InChI is InChI=1S/C22H23N3O3S2/c1-29-16-6-4-5-15(13-16)23-20(26)14-9-11-25(12-10-14)22(28)19-21(27)24-17-7-2-3-8-18(17)30-19/h2-8,13-14,19H,9-12H2,1H3,(H,23,26)(H,24,27). The molecule has 2 aromatic rings. The monoisotopic (exact) mass is 441 g/mol. The van der Waals surface area contributed by atoms with Crippen LogP contribution in [0.25, 0.3) is 0 Å². The number of rotatable bonds is 4. The Morgan fingerprint density at radius 2 is 1.90 bits per heavy atom. The van der Waals surface area contributed by atoms with Gasteiger partial charge in [0.05, 0.1) is 5.69 Å². The molecule has 2 N–H and O–H groups in total. The Kier molecular flexibility index (Phi) is 6.34. The van der Waals surface area contributed by atoms with Crippen LogP contribution in [-0.2, 0) is 14.4 Å². The highest BCUT2D eigenvalue weighted by atomic mass is 32.2. The van der Waals surface area contributed by atoms with Crippen LogP contribution < -0.4 is 10.6 Å². The predicted octanol–water partition coefficient (Wildman–Crippen LogP) is 3.70. The molecular weight excluding hydrogens is 418 g/mol. The molecule has 0 spiro atoms. The van der Waals surface area contributed by atoms with Gasteiger partial charge in [-0.3, -0.25) is 14.4 Å². The van der Waals surface area contributed by atoms with Crippen molar-refractivity contribution in [1.29, 1.82) is 0 Å². The lowest BCUT2D eigenvalue weighted by molar-refractivity contribution is -0.136. The van der Waals surface area contributed by atoms with Gasteiger partial charge >= 0.3 is 0 Å². The lowest BCUT2D eigenvalue weighted by atomic mass is 9.95. The number of nitrogens with one attached hydrogen (secondary N) is 2. The molecule has 0 aromatic heterocycles. The summed E-state index contributed by atoms with van der Waals surface area (Å²) >= 11 is 2.92. The summed E-state index contributed by atoms with van der Waals surface area (Å²) in [7, 11) is 0. The Bertz CT molecular complexity index is 974. The topological polar surface area (TPSA) is 78.5 Å². The van der Waals surface area contributed by atoms with Gasteiger partial charge in [0.1, 0.15) is 0 Å². The summed E-state index contributed by atoms with van der Waals surface area (Å²) in [6.07, 6.45) is 3.18. The van der Waals surface area contributed by atoms with E-state index < -0.39 is 5.25 Å². The third-order valence-corrected chi connectivity index (χ3v) is 7.35. The molecule has 0 aliphatic carbocycles. The molecule has 2 aromatic carbocycles. The van der Waals surface area contributed by atoms with Crippen LogP contribution in [0.1, 0.15) is 12.8 Å². The fraction of sp³-hybridized carbons (Fsp3) is 0.318. The van der Waals surface area contributed by atoms with Crippen molar-refractivity contribution in [2.75, 3.05) is 30.0 Å². The summed E-state index contributed by atoms with van der Waals surface area (Å²) in [4.78, 5) is 41.7. The van der Waals surface area contributed by atoms with E-state index in [4.69, 9.17) is 0 Å². The Morgan fingerprint density at radius 1 is 1.13 bits per heavy atom. The zero-order valence-corrected chi connectivity index (χ0v) is 18.2. The minimum Gasteiger partial charge on any atom is -0.341 e. The number of carbonyl (C=O) groups excluding carboxylic acids is 3. The van der Waals surface area contributed by atoms with Crippen molar-refractivity contribution in [1.82, 2.24) is 4.90 Å². The van der Waals surface area contributed by atoms with Crippen LogP contribution >= 0.6 is 23.5 Å². The number of piperidine rings is 1. The normalized spacial score (nSPS) is 19.0. The highest BCUT2D eigenvalue weighted by molar-refractivity contribution is 8.01. The molecule has 6 nitrogen and oxygen atoms in total. The second-order valence-corrected chi connectivity index (χ2v) is 9.33. The summed E-state index contributed by atoms with van der Waals surface area (Å²) < 4.78 is 0. The first kappa shape index (κ1) is 20.8. The van der Waals surface area contributed by atoms with Crippen LogP contribution in [0.3, 0.4) is 0 Å². The Labute approximate surface area is 184 Å². The lowest BCUT2D eigenvalue weighted by Crippen LogP contribution is -2.48. The molecule has 4 rings (SSSR count). The third-order valence-electron chi connectivity index (χ3n) is 5.37. The van der Waals surface area contributed by atoms with E-state index in [1.165, 1.54) is 11.8 Å². The molecule has 8 heteroatoms. The van der Waals surface area contributed by atoms with Crippen molar-refractivity contribution in [2.45, 2.75) is 27.9 Å². The number of benzene rings is 2. The number of carbonyl (C=O) groups is 3. The SMILES string of the molecule is CSc1cccc(NC(=O)C2CCN(C(=O)C3Sc4ccccc4NC3=O)CC2)c1. The van der Waals surface area contributed by atoms with Gasteiger partial charge in [0.2, 0.25) is 17.7 Å². The number of thioether (sulfide) groups is 2. The number of nitrogens with zero attached hydrogens (tertiary/aromatic N) is 1. The van der Waals surface area contributed by atoms with E-state index in [1.807, 2.05) is 54.8 Å². The largest absolute Gasteiger partial charge is 0.341 e. The average molecular weight is 442 g/mol. The number of fused-ring (bicyclic) bond motifs is 1. The number of hydrogen-bond acceptors (Lipinski definition) is 5. The van der Waals surface area contributed by atoms with Crippen LogP contribution in [0, 0.1) is 5.92 Å². The molecule has 0 bridgehead atoms. The van der Waals surface area contributed by atoms with Crippen molar-refractivity contribution >= 4 is 52.6 Å². The van der Waals surface area contributed by atoms with Gasteiger partial charge in [-0.15, -0.1) is 23.5 Å². The predicted molar refractivity (Wildman–Crippen MR) is 121 cm³/mol. The highest BCUT2D eigenvalue weighted by Gasteiger charge is 2.37. The molecule has 2 aliphatic heterocycles. The summed E-state index contributed by atoms with van der Waals surface area (Å²) in [5.41, 5.74) is 1.54. The smallest absolute Gasteiger partial charge is 0.247 e. The Morgan fingerprint density at radius 3 is 2.67 bits per heavy atom. The van der Waals surface area contributed by atoms with Crippen molar-refractivity contribution in [3.63, 3.8) is 0 Å². The van der Waals surface area contributed by atoms with Crippen LogP contribution in [0.4, 0.5) is 11.4 Å². The van der Waals surface area contributed by atoms with Crippen molar-refractivity contribution < 1.29 is 14.4 Å². The Hall–Kier alpha value is -2.45. The van der Waals surface area contributed by atoms with Crippen LogP contribution in [0.5, 0.6) is 0 Å². The van der Waals surface area contributed by atoms with E-state index in [-0.39, 0.29) is 23.6 Å². The minimum atomic E-state index is -0.778. The van der Waals surface area contributed by atoms with Gasteiger partial charge in [-0.25, -0.2) is 0 Å². The summed E-state index contributed by atoms with van der Waals surface area (Å²) in [5, 5.41) is 5.03. The number of anilines is 2. The molecule has 156 valence electrons. The first-order valence-corrected chi connectivity index (χ1v) is 12.0. The van der Waals surface area contributed by atoms with Gasteiger partial charge in [0.15, 0.2) is 5.25 Å². The first-order valence-electron chi connectivity index (χ1n) is 9.85. The Balaban J connectivity index is 1.33. The molecule has 1 unspecified atom stereocenters. The number of hydrogen-bond donors (Lipinski definition) is 2. The quantitative estimate of drug-likeness (QED) is 0.559. The lowest BCUT2D eigenvalue weighted by Gasteiger charge is -2.34. The minimum absolute atomic E-state index is 0.0148. The van der Waals surface area contributed by atoms with E-state index >= 15 is 0 Å². The van der Waals surface area contributed by atoms with Crippen LogP contribution in [0.2, 0.25) is 0 Å². The zero-order valence-electron chi connectivity index (χ0n) is 16.6. The molecule has 1 atom stereocenters. The van der Waals surface area contributed by atoms with Crippen molar-refractivity contribution in [3.8, 4) is 0 Å². The molecule has 3 amide bonds. The third kappa shape index (κ3) is 4.49. The van der Waals surface area contributed by atoms with E-state index in [1.54, 1.807) is 16.7 Å². The maximum atomic E-state index is 13.0. The van der Waals surface area contributed by atoms with Crippen LogP contribution in [0.15, 0.2) is 58.3 Å². The highest BCUT2D eigenvalue weighted by Crippen LogP contribution is 2.36. The van der Waals surface area contributed by atoms with E-state index in [2.05, 4.69) is 10.6 Å². The van der Waals surface area contributed by atoms with Gasteiger partial charge in [-0.1, -0.05) is 18.2 Å². The van der Waals surface area contributed by atoms with E-state index in [0.29, 0.717) is 25.9 Å². The summed E-state index contributed by atoms with van der Waals surface area (Å²) in [6.45, 7) is 0.960. The molecule has 2 aliphatic rings. The van der Waals surface area contributed by atoms with Gasteiger partial charge in [0, 0.05) is 34.5 Å². The van der Waals surface area contributed by atoms with Crippen LogP contribution in [-0.4, -0.2) is 47.2 Å². The van der Waals surface area contributed by atoms with E-state index in [9.17, 15) is 14.4 Å². The maximum absolute atomic E-state index is 13.0. The first-order chi connectivity index (χ1) is 14.5. The van der Waals surface area contributed by atoms with Gasteiger partial charge in [0.25, 0.3) is 0 Å². The fourth-order valence-electron chi connectivity index (χ4n) is 3.69. The van der Waals surface area contributed by atoms with Crippen molar-refractivity contribution in [3.05, 3.63) is 48.5 Å². The van der Waals surface area contributed by atoms with Gasteiger partial charge < -0.3 is 15.5 Å². The molecule has 0 radical (unpaired) electrons. The van der Waals surface area contributed by atoms with Crippen molar-refractivity contribution in [2.24, 2.45) is 5.92 Å². The molecule has 2 heterocycles. The second kappa shape index (κ2) is 9.14. The number of likely N-dealkylation sites (tertiary alicyclic amines) is 1. The second-order valence-electron chi connectivity index (χ2n) is 7.30. The maximum Gasteiger partial charge on any atom is 0.247 e. The molecule has 1 fully saturated rings. The fourth-order valence-corrected chi connectivity index (χ4v) is 5.22. The van der Waals surface area contributed by atoms with Gasteiger partial charge in [-0.2, -0.15) is 0 Å². The average Bonchev–Trinajstić information content (AvgIpc) is 2.78. The van der Waals surface area contributed by atoms with E-state index in [0.717, 1.165) is 21.2 Å². The van der Waals surface area contributed by atoms with Gasteiger partial charge in [-0.05, 0) is 49.4 Å². The number of para-hydroxylation sites is 1. The summed E-state index contributed by atoms with van der Waals surface area (Å²) in [5.74, 6) is -0.615. The summed E-state index contributed by atoms with van der Waals surface area (Å²) in [6, 6.07) is 15.3. The molecule has 0 saturated carbocycles.